The van der Waals surface area contributed by atoms with Gasteiger partial charge in [0.15, 0.2) is 5.72 Å². The van der Waals surface area contributed by atoms with Crippen molar-refractivity contribution in [2.75, 3.05) is 13.1 Å². The van der Waals surface area contributed by atoms with Crippen molar-refractivity contribution in [2.45, 2.75) is 69.1 Å². The Bertz CT molecular complexity index is 1430. The number of benzene rings is 2. The first-order chi connectivity index (χ1) is 18.9. The van der Waals surface area contributed by atoms with E-state index >= 15 is 0 Å². The quantitative estimate of drug-likeness (QED) is 0.270. The molecule has 1 N–H and O–H groups in total. The third-order valence-electron chi connectivity index (χ3n) is 8.75. The number of aryl methyl sites for hydroxylation is 1. The number of hydrogen-bond donors (Lipinski definition) is 1. The molecule has 40 heavy (non-hydrogen) atoms. The van der Waals surface area contributed by atoms with E-state index in [2.05, 4.69) is 14.6 Å². The number of aromatic nitrogens is 1. The molecule has 2 saturated heterocycles. The van der Waals surface area contributed by atoms with Crippen LogP contribution >= 0.6 is 0 Å². The molecule has 3 aromatic rings. The highest BCUT2D eigenvalue weighted by atomic mass is 19.4. The lowest BCUT2D eigenvalue weighted by Gasteiger charge is -2.56. The van der Waals surface area contributed by atoms with Crippen LogP contribution in [0.3, 0.4) is 0 Å². The number of piperidine rings is 2. The molecular weight excluding hydrogens is 538 g/mol. The van der Waals surface area contributed by atoms with Crippen LogP contribution in [0.2, 0.25) is 0 Å². The predicted octanol–water partition coefficient (Wildman–Crippen LogP) is 7.18. The van der Waals surface area contributed by atoms with E-state index in [1.165, 1.54) is 13.0 Å². The number of rotatable bonds is 3. The van der Waals surface area contributed by atoms with Crippen LogP contribution in [0.5, 0.6) is 5.75 Å². The molecule has 214 valence electrons. The van der Waals surface area contributed by atoms with Gasteiger partial charge in [0.25, 0.3) is 0 Å². The molecule has 2 atom stereocenters. The summed E-state index contributed by atoms with van der Waals surface area (Å²) in [5, 5.41) is 0.245. The standard InChI is InChI=1S/C29H28F6N2O3/c1-17-23(25(38)40-27(28(30,31)32,29(33,34)35)18-8-3-2-4-9-18)24-20-16-19-10-7-15-37-14-6-5-13-26(19,37)39-22(20)12-11-21(24)36-17/h2-4,8-9,11-12,19,36H,5-7,10,13-16H2,1H3. The minimum Gasteiger partial charge on any atom is -0.472 e. The zero-order valence-electron chi connectivity index (χ0n) is 21.7. The van der Waals surface area contributed by atoms with Gasteiger partial charge in [-0.3, -0.25) is 4.90 Å². The van der Waals surface area contributed by atoms with Gasteiger partial charge >= 0.3 is 23.9 Å². The number of nitrogens with zero attached hydrogens (tertiary/aromatic N) is 1. The molecule has 2 unspecified atom stereocenters. The van der Waals surface area contributed by atoms with Crippen molar-refractivity contribution in [3.63, 3.8) is 0 Å². The Morgan fingerprint density at radius 3 is 2.40 bits per heavy atom. The lowest BCUT2D eigenvalue weighted by atomic mass is 9.74. The minimum absolute atomic E-state index is 0.0764. The van der Waals surface area contributed by atoms with Gasteiger partial charge in [0.1, 0.15) is 5.75 Å². The fraction of sp³-hybridized carbons (Fsp3) is 0.483. The summed E-state index contributed by atoms with van der Waals surface area (Å²) in [6.45, 7) is 3.25. The van der Waals surface area contributed by atoms with Crippen molar-refractivity contribution < 1.29 is 40.6 Å². The van der Waals surface area contributed by atoms with Gasteiger partial charge in [0.2, 0.25) is 0 Å². The van der Waals surface area contributed by atoms with Gasteiger partial charge in [-0.2, -0.15) is 26.3 Å². The Kier molecular flexibility index (Phi) is 6.18. The first-order valence-electron chi connectivity index (χ1n) is 13.4. The number of esters is 1. The van der Waals surface area contributed by atoms with E-state index in [1.807, 2.05) is 0 Å². The Balaban J connectivity index is 1.48. The Morgan fingerprint density at radius 2 is 1.70 bits per heavy atom. The average Bonchev–Trinajstić information content (AvgIpc) is 3.24. The normalized spacial score (nSPS) is 23.6. The maximum atomic E-state index is 14.4. The van der Waals surface area contributed by atoms with Crippen LogP contribution in [0.25, 0.3) is 10.9 Å². The zero-order chi connectivity index (χ0) is 28.5. The van der Waals surface area contributed by atoms with Gasteiger partial charge in [-0.1, -0.05) is 30.3 Å². The second-order valence-electron chi connectivity index (χ2n) is 11.0. The van der Waals surface area contributed by atoms with Crippen molar-refractivity contribution in [1.82, 2.24) is 9.88 Å². The van der Waals surface area contributed by atoms with Gasteiger partial charge in [-0.25, -0.2) is 4.79 Å². The average molecular weight is 567 g/mol. The molecule has 3 aliphatic rings. The predicted molar refractivity (Wildman–Crippen MR) is 134 cm³/mol. The number of ether oxygens (including phenoxy) is 2. The number of aromatic amines is 1. The van der Waals surface area contributed by atoms with Crippen LogP contribution in [0.15, 0.2) is 42.5 Å². The Labute approximate surface area is 226 Å². The van der Waals surface area contributed by atoms with Gasteiger partial charge in [-0.05, 0) is 51.2 Å². The number of fused-ring (bicyclic) bond motifs is 3. The molecule has 1 aromatic heterocycles. The number of alkyl halides is 6. The van der Waals surface area contributed by atoms with Crippen molar-refractivity contribution in [1.29, 1.82) is 0 Å². The topological polar surface area (TPSA) is 54.6 Å². The molecule has 5 nitrogen and oxygen atoms in total. The summed E-state index contributed by atoms with van der Waals surface area (Å²) in [7, 11) is 0. The Hall–Kier alpha value is -3.21. The van der Waals surface area contributed by atoms with Crippen LogP contribution in [0.4, 0.5) is 26.3 Å². The zero-order valence-corrected chi connectivity index (χ0v) is 21.7. The van der Waals surface area contributed by atoms with Crippen molar-refractivity contribution in [2.24, 2.45) is 5.92 Å². The third kappa shape index (κ3) is 3.83. The van der Waals surface area contributed by atoms with E-state index in [1.54, 1.807) is 12.1 Å². The second kappa shape index (κ2) is 9.15. The van der Waals surface area contributed by atoms with E-state index in [0.717, 1.165) is 57.3 Å². The van der Waals surface area contributed by atoms with Gasteiger partial charge < -0.3 is 14.5 Å². The highest BCUT2D eigenvalue weighted by Gasteiger charge is 2.75. The maximum absolute atomic E-state index is 14.4. The molecule has 2 fully saturated rings. The molecule has 11 heteroatoms. The lowest BCUT2D eigenvalue weighted by molar-refractivity contribution is -0.373. The molecule has 0 saturated carbocycles. The van der Waals surface area contributed by atoms with E-state index in [9.17, 15) is 31.1 Å². The van der Waals surface area contributed by atoms with E-state index in [4.69, 9.17) is 4.74 Å². The maximum Gasteiger partial charge on any atom is 0.442 e. The van der Waals surface area contributed by atoms with Gasteiger partial charge in [-0.15, -0.1) is 0 Å². The van der Waals surface area contributed by atoms with E-state index in [-0.39, 0.29) is 22.6 Å². The monoisotopic (exact) mass is 566 g/mol. The SMILES string of the molecule is Cc1[nH]c2ccc3c(c2c1C(=O)OC(c1ccccc1)(C(F)(F)F)C(F)(F)F)CC1CCCN2CCCCC12O3. The molecule has 6 rings (SSSR count). The largest absolute Gasteiger partial charge is 0.472 e. The van der Waals surface area contributed by atoms with E-state index < -0.39 is 35.2 Å². The number of nitrogens with one attached hydrogen (secondary N) is 1. The molecule has 0 aliphatic carbocycles. The Morgan fingerprint density at radius 1 is 1.00 bits per heavy atom. The highest BCUT2D eigenvalue weighted by Crippen LogP contribution is 2.54. The summed E-state index contributed by atoms with van der Waals surface area (Å²) < 4.78 is 97.4. The van der Waals surface area contributed by atoms with Crippen LogP contribution in [-0.4, -0.2) is 47.0 Å². The summed E-state index contributed by atoms with van der Waals surface area (Å²) in [6, 6.07) is 8.07. The molecule has 3 aliphatic heterocycles. The molecule has 0 bridgehead atoms. The summed E-state index contributed by atoms with van der Waals surface area (Å²) in [5.41, 5.74) is -5.79. The van der Waals surface area contributed by atoms with Crippen LogP contribution < -0.4 is 4.74 Å². The second-order valence-corrected chi connectivity index (χ2v) is 11.0. The minimum atomic E-state index is -5.98. The number of hydrogen-bond acceptors (Lipinski definition) is 4. The molecule has 1 spiro atoms. The van der Waals surface area contributed by atoms with Crippen molar-refractivity contribution >= 4 is 16.9 Å². The van der Waals surface area contributed by atoms with E-state index in [0.29, 0.717) is 35.4 Å². The van der Waals surface area contributed by atoms with Crippen molar-refractivity contribution in [3.8, 4) is 5.75 Å². The number of H-pyrrole nitrogens is 1. The fourth-order valence-corrected chi connectivity index (χ4v) is 6.99. The summed E-state index contributed by atoms with van der Waals surface area (Å²) in [4.78, 5) is 18.8. The smallest absolute Gasteiger partial charge is 0.442 e. The molecule has 2 aromatic carbocycles. The first-order valence-corrected chi connectivity index (χ1v) is 13.4. The summed E-state index contributed by atoms with van der Waals surface area (Å²) in [6.07, 6.45) is -6.74. The highest BCUT2D eigenvalue weighted by molar-refractivity contribution is 6.07. The van der Waals surface area contributed by atoms with Crippen LogP contribution in [0, 0.1) is 12.8 Å². The first kappa shape index (κ1) is 27.0. The van der Waals surface area contributed by atoms with Crippen molar-refractivity contribution in [3.05, 3.63) is 64.8 Å². The van der Waals surface area contributed by atoms with Crippen LogP contribution in [-0.2, 0) is 16.8 Å². The number of carbonyl (C=O) groups is 1. The lowest BCUT2D eigenvalue weighted by Crippen LogP contribution is -2.64. The summed E-state index contributed by atoms with van der Waals surface area (Å²) >= 11 is 0. The molecule has 0 amide bonds. The molecule has 4 heterocycles. The third-order valence-corrected chi connectivity index (χ3v) is 8.75. The summed E-state index contributed by atoms with van der Waals surface area (Å²) in [5.74, 6) is -1.14. The van der Waals surface area contributed by atoms with Gasteiger partial charge in [0.05, 0.1) is 5.56 Å². The molecular formula is C29H28F6N2O3. The molecule has 0 radical (unpaired) electrons. The van der Waals surface area contributed by atoms with Crippen LogP contribution in [0.1, 0.15) is 59.3 Å². The number of carbonyl (C=O) groups excluding carboxylic acids is 1. The fourth-order valence-electron chi connectivity index (χ4n) is 6.99. The number of halogens is 6. The van der Waals surface area contributed by atoms with Gasteiger partial charge in [0, 0.05) is 53.2 Å².